The minimum Gasteiger partial charge on any atom is -0.337 e. The van der Waals surface area contributed by atoms with Crippen molar-refractivity contribution in [2.45, 2.75) is 13.0 Å². The van der Waals surface area contributed by atoms with Gasteiger partial charge in [0.1, 0.15) is 16.5 Å². The summed E-state index contributed by atoms with van der Waals surface area (Å²) in [7, 11) is 0. The minimum absolute atomic E-state index is 0.0921. The molecule has 3 rings (SSSR count). The zero-order valence-electron chi connectivity index (χ0n) is 9.64. The van der Waals surface area contributed by atoms with E-state index >= 15 is 0 Å². The highest BCUT2D eigenvalue weighted by Gasteiger charge is 2.11. The summed E-state index contributed by atoms with van der Waals surface area (Å²) in [5, 5.41) is 2.75. The first-order valence-electron chi connectivity index (χ1n) is 5.50. The molecule has 0 amide bonds. The number of nitrogens with zero attached hydrogens (tertiary/aromatic N) is 2. The average Bonchev–Trinajstić information content (AvgIpc) is 2.93. The normalized spacial score (nSPS) is 13.1. The Kier molecular flexibility index (Phi) is 2.61. The summed E-state index contributed by atoms with van der Waals surface area (Å²) in [6, 6.07) is 4.36. The largest absolute Gasteiger partial charge is 0.337 e. The van der Waals surface area contributed by atoms with Crippen LogP contribution in [0.1, 0.15) is 18.0 Å². The Morgan fingerprint density at radius 2 is 2.22 bits per heavy atom. The van der Waals surface area contributed by atoms with Crippen LogP contribution in [0.15, 0.2) is 23.6 Å². The molecule has 2 heterocycles. The first kappa shape index (κ1) is 11.3. The van der Waals surface area contributed by atoms with Crippen LogP contribution in [-0.4, -0.2) is 15.0 Å². The summed E-state index contributed by atoms with van der Waals surface area (Å²) in [5.41, 5.74) is 7.90. The standard InChI is InChI=1S/C12H11FN4S/c1-6(14)12-17-10(5-18-12)11-15-8-3-2-7(13)4-9(8)16-11/h2-6H,14H2,1H3,(H,15,16). The Hall–Kier alpha value is -1.79. The van der Waals surface area contributed by atoms with E-state index in [0.717, 1.165) is 16.2 Å². The van der Waals surface area contributed by atoms with Gasteiger partial charge < -0.3 is 10.7 Å². The van der Waals surface area contributed by atoms with Gasteiger partial charge >= 0.3 is 0 Å². The number of rotatable bonds is 2. The lowest BCUT2D eigenvalue weighted by Gasteiger charge is -1.96. The third kappa shape index (κ3) is 1.89. The molecule has 18 heavy (non-hydrogen) atoms. The van der Waals surface area contributed by atoms with Crippen LogP contribution in [-0.2, 0) is 0 Å². The molecule has 0 fully saturated rings. The summed E-state index contributed by atoms with van der Waals surface area (Å²) in [5.74, 6) is 0.353. The molecule has 0 aliphatic rings. The molecule has 6 heteroatoms. The van der Waals surface area contributed by atoms with Gasteiger partial charge in [-0.3, -0.25) is 0 Å². The van der Waals surface area contributed by atoms with Crippen LogP contribution < -0.4 is 5.73 Å². The van der Waals surface area contributed by atoms with Crippen molar-refractivity contribution in [2.24, 2.45) is 5.73 Å². The average molecular weight is 262 g/mol. The highest BCUT2D eigenvalue weighted by atomic mass is 32.1. The van der Waals surface area contributed by atoms with Crippen LogP contribution in [0, 0.1) is 5.82 Å². The van der Waals surface area contributed by atoms with Crippen molar-refractivity contribution in [1.82, 2.24) is 15.0 Å². The van der Waals surface area contributed by atoms with Gasteiger partial charge in [0.2, 0.25) is 0 Å². The maximum atomic E-state index is 13.1. The second-order valence-corrected chi connectivity index (χ2v) is 5.00. The summed E-state index contributed by atoms with van der Waals surface area (Å²) in [4.78, 5) is 11.8. The van der Waals surface area contributed by atoms with Gasteiger partial charge in [-0.1, -0.05) is 0 Å². The van der Waals surface area contributed by atoms with Crippen molar-refractivity contribution in [3.05, 3.63) is 34.4 Å². The Morgan fingerprint density at radius 1 is 1.39 bits per heavy atom. The van der Waals surface area contributed by atoms with Crippen LogP contribution in [0.4, 0.5) is 4.39 Å². The van der Waals surface area contributed by atoms with E-state index < -0.39 is 0 Å². The van der Waals surface area contributed by atoms with E-state index in [1.54, 1.807) is 6.07 Å². The fraction of sp³-hybridized carbons (Fsp3) is 0.167. The second kappa shape index (κ2) is 4.15. The van der Waals surface area contributed by atoms with Crippen molar-refractivity contribution in [3.63, 3.8) is 0 Å². The third-order valence-corrected chi connectivity index (χ3v) is 3.64. The molecule has 1 aromatic carbocycles. The number of hydrogen-bond acceptors (Lipinski definition) is 4. The molecule has 0 aliphatic carbocycles. The maximum Gasteiger partial charge on any atom is 0.158 e. The van der Waals surface area contributed by atoms with Crippen LogP contribution >= 0.6 is 11.3 Å². The summed E-state index contributed by atoms with van der Waals surface area (Å²) in [6.45, 7) is 1.89. The number of H-pyrrole nitrogens is 1. The molecule has 1 unspecified atom stereocenters. The van der Waals surface area contributed by atoms with E-state index in [9.17, 15) is 4.39 Å². The van der Waals surface area contributed by atoms with E-state index in [-0.39, 0.29) is 11.9 Å². The van der Waals surface area contributed by atoms with E-state index in [1.807, 2.05) is 12.3 Å². The predicted octanol–water partition coefficient (Wildman–Crippen LogP) is 2.85. The summed E-state index contributed by atoms with van der Waals surface area (Å²) in [6.07, 6.45) is 0. The fourth-order valence-corrected chi connectivity index (χ4v) is 2.47. The first-order valence-corrected chi connectivity index (χ1v) is 6.38. The smallest absolute Gasteiger partial charge is 0.158 e. The van der Waals surface area contributed by atoms with Gasteiger partial charge in [-0.2, -0.15) is 0 Å². The highest BCUT2D eigenvalue weighted by molar-refractivity contribution is 7.10. The molecule has 92 valence electrons. The summed E-state index contributed by atoms with van der Waals surface area (Å²) >= 11 is 1.50. The molecule has 0 saturated carbocycles. The zero-order valence-corrected chi connectivity index (χ0v) is 10.5. The first-order chi connectivity index (χ1) is 8.63. The van der Waals surface area contributed by atoms with Crippen LogP contribution in [0.5, 0.6) is 0 Å². The van der Waals surface area contributed by atoms with E-state index in [4.69, 9.17) is 5.73 Å². The van der Waals surface area contributed by atoms with Crippen molar-refractivity contribution in [3.8, 4) is 11.5 Å². The van der Waals surface area contributed by atoms with Crippen LogP contribution in [0.25, 0.3) is 22.6 Å². The molecule has 3 N–H and O–H groups in total. The lowest BCUT2D eigenvalue weighted by Crippen LogP contribution is -2.03. The van der Waals surface area contributed by atoms with Crippen molar-refractivity contribution < 1.29 is 4.39 Å². The monoisotopic (exact) mass is 262 g/mol. The van der Waals surface area contributed by atoms with Gasteiger partial charge in [-0.15, -0.1) is 11.3 Å². The van der Waals surface area contributed by atoms with Crippen molar-refractivity contribution in [2.75, 3.05) is 0 Å². The number of nitrogens with one attached hydrogen (secondary N) is 1. The number of halogens is 1. The fourth-order valence-electron chi connectivity index (χ4n) is 1.71. The number of fused-ring (bicyclic) bond motifs is 1. The number of benzene rings is 1. The van der Waals surface area contributed by atoms with Gasteiger partial charge in [0, 0.05) is 5.38 Å². The van der Waals surface area contributed by atoms with Gasteiger partial charge in [-0.05, 0) is 25.1 Å². The zero-order chi connectivity index (χ0) is 12.7. The number of thiazole rings is 1. The molecule has 3 aromatic rings. The van der Waals surface area contributed by atoms with Gasteiger partial charge in [0.15, 0.2) is 5.82 Å². The predicted molar refractivity (Wildman–Crippen MR) is 69.8 cm³/mol. The van der Waals surface area contributed by atoms with E-state index in [1.165, 1.54) is 23.5 Å². The van der Waals surface area contributed by atoms with E-state index in [0.29, 0.717) is 11.3 Å². The number of imidazole rings is 1. The minimum atomic E-state index is -0.285. The number of nitrogens with two attached hydrogens (primary N) is 1. The van der Waals surface area contributed by atoms with Crippen LogP contribution in [0.3, 0.4) is 0 Å². The molecule has 0 aliphatic heterocycles. The molecular formula is C12H11FN4S. The van der Waals surface area contributed by atoms with Crippen molar-refractivity contribution in [1.29, 1.82) is 0 Å². The Balaban J connectivity index is 2.07. The lowest BCUT2D eigenvalue weighted by molar-refractivity contribution is 0.629. The Bertz CT molecular complexity index is 701. The highest BCUT2D eigenvalue weighted by Crippen LogP contribution is 2.24. The number of hydrogen-bond donors (Lipinski definition) is 2. The molecule has 0 bridgehead atoms. The third-order valence-electron chi connectivity index (χ3n) is 2.60. The quantitative estimate of drug-likeness (QED) is 0.746. The van der Waals surface area contributed by atoms with Gasteiger partial charge in [0.05, 0.1) is 17.1 Å². The molecule has 4 nitrogen and oxygen atoms in total. The molecule has 2 aromatic heterocycles. The molecular weight excluding hydrogens is 251 g/mol. The molecule has 0 saturated heterocycles. The maximum absolute atomic E-state index is 13.1. The topological polar surface area (TPSA) is 67.6 Å². The van der Waals surface area contributed by atoms with Crippen molar-refractivity contribution >= 4 is 22.4 Å². The SMILES string of the molecule is CC(N)c1nc(-c2nc3ccc(F)cc3[nH]2)cs1. The van der Waals surface area contributed by atoms with E-state index in [2.05, 4.69) is 15.0 Å². The number of aromatic nitrogens is 3. The Labute approximate surface area is 107 Å². The van der Waals surface area contributed by atoms with Gasteiger partial charge in [-0.25, -0.2) is 14.4 Å². The second-order valence-electron chi connectivity index (χ2n) is 4.11. The molecule has 0 radical (unpaired) electrons. The molecule has 1 atom stereocenters. The lowest BCUT2D eigenvalue weighted by atomic mass is 10.3. The summed E-state index contributed by atoms with van der Waals surface area (Å²) < 4.78 is 13.1. The Morgan fingerprint density at radius 3 is 2.94 bits per heavy atom. The van der Waals surface area contributed by atoms with Gasteiger partial charge in [0.25, 0.3) is 0 Å². The molecule has 0 spiro atoms. The van der Waals surface area contributed by atoms with Crippen LogP contribution in [0.2, 0.25) is 0 Å². The number of aromatic amines is 1.